The van der Waals surface area contributed by atoms with Crippen LogP contribution in [0.3, 0.4) is 0 Å². The van der Waals surface area contributed by atoms with Gasteiger partial charge in [-0.05, 0) is 68.4 Å². The molecule has 2 amide bonds. The number of halogens is 3. The fourth-order valence-corrected chi connectivity index (χ4v) is 7.44. The van der Waals surface area contributed by atoms with Crippen LogP contribution in [-0.4, -0.2) is 47.4 Å². The van der Waals surface area contributed by atoms with Crippen LogP contribution in [0.2, 0.25) is 10.0 Å². The minimum atomic E-state index is -0.692. The highest BCUT2D eigenvalue weighted by atomic mass is 35.5. The third-order valence-electron chi connectivity index (χ3n) is 9.21. The van der Waals surface area contributed by atoms with Crippen LogP contribution in [-0.2, 0) is 16.1 Å². The van der Waals surface area contributed by atoms with Gasteiger partial charge in [-0.2, -0.15) is 0 Å². The fraction of sp³-hybridized carbons (Fsp3) is 0.343. The van der Waals surface area contributed by atoms with Crippen molar-refractivity contribution in [3.8, 4) is 22.4 Å². The summed E-state index contributed by atoms with van der Waals surface area (Å²) in [7, 11) is 1.25. The normalized spacial score (nSPS) is 20.5. The lowest BCUT2D eigenvalue weighted by molar-refractivity contribution is -0.0158. The van der Waals surface area contributed by atoms with Gasteiger partial charge in [-0.15, -0.1) is 0 Å². The number of esters is 1. The number of hydrogen-bond acceptors (Lipinski definition) is 6. The molecule has 46 heavy (non-hydrogen) atoms. The largest absolute Gasteiger partial charge is 0.465 e. The predicted octanol–water partition coefficient (Wildman–Crippen LogP) is 8.86. The van der Waals surface area contributed by atoms with Crippen LogP contribution in [0.4, 0.5) is 14.9 Å². The van der Waals surface area contributed by atoms with Crippen molar-refractivity contribution in [3.05, 3.63) is 93.4 Å². The van der Waals surface area contributed by atoms with E-state index < -0.39 is 11.8 Å². The van der Waals surface area contributed by atoms with E-state index >= 15 is 4.39 Å². The van der Waals surface area contributed by atoms with Crippen molar-refractivity contribution in [1.82, 2.24) is 10.1 Å². The number of piperidine rings is 1. The zero-order valence-electron chi connectivity index (χ0n) is 25.1. The van der Waals surface area contributed by atoms with E-state index in [0.717, 1.165) is 37.0 Å². The fourth-order valence-electron chi connectivity index (χ4n) is 6.86. The number of urea groups is 1. The van der Waals surface area contributed by atoms with Crippen molar-refractivity contribution in [3.63, 3.8) is 0 Å². The second-order valence-corrected chi connectivity index (χ2v) is 12.9. The average molecular weight is 665 g/mol. The third-order valence-corrected chi connectivity index (χ3v) is 9.84. The number of nitrogens with one attached hydrogen (secondary N) is 1. The number of anilines is 1. The molecule has 3 aromatic carbocycles. The predicted molar refractivity (Wildman–Crippen MR) is 173 cm³/mol. The van der Waals surface area contributed by atoms with Crippen molar-refractivity contribution < 1.29 is 28.0 Å². The molecule has 238 valence electrons. The summed E-state index contributed by atoms with van der Waals surface area (Å²) in [6.07, 6.45) is 4.95. The number of fused-ring (bicyclic) bond motifs is 2. The summed E-state index contributed by atoms with van der Waals surface area (Å²) in [5.41, 5.74) is 2.77. The Bertz CT molecular complexity index is 1760. The molecule has 2 bridgehead atoms. The summed E-state index contributed by atoms with van der Waals surface area (Å²) < 4.78 is 33.1. The Labute approximate surface area is 275 Å². The van der Waals surface area contributed by atoms with Gasteiger partial charge in [0.05, 0.1) is 41.1 Å². The van der Waals surface area contributed by atoms with Crippen molar-refractivity contribution in [2.75, 3.05) is 12.4 Å². The molecule has 1 aromatic heterocycles. The first-order valence-electron chi connectivity index (χ1n) is 15.4. The molecule has 8 nitrogen and oxygen atoms in total. The molecular formula is C35H32Cl2FN3O5. The standard InChI is InChI=1S/C35H32Cl2FN3O5/c1-44-34(42)24-14-15-28(31(38)29(24)19-6-3-2-4-7-19)39-35(43)41-21-12-13-22(41)17-23(16-21)45-18-25-32(40-46-33(25)20-10-11-20)30-26(36)8-5-9-27(30)37/h2-9,14-15,20-23H,10-13,16-18H2,1H3,(H,39,43). The van der Waals surface area contributed by atoms with Gasteiger partial charge in [0.15, 0.2) is 5.82 Å². The van der Waals surface area contributed by atoms with Crippen LogP contribution in [0.15, 0.2) is 65.2 Å². The Hall–Kier alpha value is -3.92. The third kappa shape index (κ3) is 5.76. The Kier molecular flexibility index (Phi) is 8.48. The van der Waals surface area contributed by atoms with Gasteiger partial charge in [-0.25, -0.2) is 14.0 Å². The van der Waals surface area contributed by atoms with E-state index in [9.17, 15) is 9.59 Å². The quantitative estimate of drug-likeness (QED) is 0.189. The lowest BCUT2D eigenvalue weighted by atomic mass is 9.97. The summed E-state index contributed by atoms with van der Waals surface area (Å²) in [6, 6.07) is 16.5. The Morgan fingerprint density at radius 2 is 1.65 bits per heavy atom. The smallest absolute Gasteiger partial charge is 0.338 e. The molecule has 11 heteroatoms. The first-order chi connectivity index (χ1) is 22.3. The van der Waals surface area contributed by atoms with Crippen LogP contribution >= 0.6 is 23.2 Å². The molecule has 1 aliphatic carbocycles. The lowest BCUT2D eigenvalue weighted by Gasteiger charge is -2.38. The number of ether oxygens (including phenoxy) is 2. The zero-order valence-corrected chi connectivity index (χ0v) is 26.6. The molecule has 2 atom stereocenters. The van der Waals surface area contributed by atoms with Crippen LogP contribution in [0.25, 0.3) is 22.4 Å². The average Bonchev–Trinajstić information content (AvgIpc) is 3.76. The highest BCUT2D eigenvalue weighted by Gasteiger charge is 2.44. The van der Waals surface area contributed by atoms with Crippen molar-refractivity contribution >= 4 is 40.9 Å². The molecular weight excluding hydrogens is 632 g/mol. The van der Waals surface area contributed by atoms with Gasteiger partial charge >= 0.3 is 12.0 Å². The van der Waals surface area contributed by atoms with Gasteiger partial charge in [-0.3, -0.25) is 0 Å². The second kappa shape index (κ2) is 12.7. The van der Waals surface area contributed by atoms with E-state index in [2.05, 4.69) is 10.5 Å². The summed E-state index contributed by atoms with van der Waals surface area (Å²) in [5, 5.41) is 8.13. The molecule has 1 saturated carbocycles. The minimum Gasteiger partial charge on any atom is -0.465 e. The summed E-state index contributed by atoms with van der Waals surface area (Å²) in [4.78, 5) is 27.9. The Morgan fingerprint density at radius 1 is 0.957 bits per heavy atom. The zero-order chi connectivity index (χ0) is 31.9. The van der Waals surface area contributed by atoms with E-state index in [1.807, 2.05) is 4.90 Å². The van der Waals surface area contributed by atoms with Crippen LogP contribution in [0.5, 0.6) is 0 Å². The number of aromatic nitrogens is 1. The van der Waals surface area contributed by atoms with Crippen LogP contribution < -0.4 is 5.32 Å². The number of carbonyl (C=O) groups is 2. The number of benzene rings is 3. The molecule has 2 unspecified atom stereocenters. The van der Waals surface area contributed by atoms with Crippen molar-refractivity contribution in [2.45, 2.75) is 69.2 Å². The van der Waals surface area contributed by atoms with Gasteiger partial charge in [0.2, 0.25) is 0 Å². The van der Waals surface area contributed by atoms with Crippen LogP contribution in [0, 0.1) is 5.82 Å². The highest BCUT2D eigenvalue weighted by molar-refractivity contribution is 6.39. The molecule has 2 aliphatic heterocycles. The number of hydrogen-bond donors (Lipinski definition) is 1. The van der Waals surface area contributed by atoms with Gasteiger partial charge in [0.25, 0.3) is 0 Å². The van der Waals surface area contributed by atoms with Gasteiger partial charge in [-0.1, -0.05) is 64.8 Å². The summed E-state index contributed by atoms with van der Waals surface area (Å²) in [6.45, 7) is 0.294. The number of amides is 2. The number of nitrogens with zero attached hydrogens (tertiary/aromatic N) is 2. The number of rotatable bonds is 8. The van der Waals surface area contributed by atoms with Crippen molar-refractivity contribution in [2.24, 2.45) is 0 Å². The summed E-state index contributed by atoms with van der Waals surface area (Å²) >= 11 is 13.0. The van der Waals surface area contributed by atoms with E-state index in [0.29, 0.717) is 52.2 Å². The minimum absolute atomic E-state index is 0.0000979. The molecule has 4 aromatic rings. The van der Waals surface area contributed by atoms with Crippen molar-refractivity contribution in [1.29, 1.82) is 0 Å². The monoisotopic (exact) mass is 663 g/mol. The first-order valence-corrected chi connectivity index (χ1v) is 16.2. The Balaban J connectivity index is 1.07. The maximum atomic E-state index is 16.0. The molecule has 1 N–H and O–H groups in total. The van der Waals surface area contributed by atoms with Gasteiger partial charge in [0.1, 0.15) is 11.5 Å². The highest BCUT2D eigenvalue weighted by Crippen LogP contribution is 2.47. The topological polar surface area (TPSA) is 93.9 Å². The van der Waals surface area contributed by atoms with E-state index in [-0.39, 0.29) is 41.0 Å². The summed E-state index contributed by atoms with van der Waals surface area (Å²) in [5.74, 6) is -0.218. The Morgan fingerprint density at radius 3 is 2.30 bits per heavy atom. The van der Waals surface area contributed by atoms with Gasteiger partial charge in [0, 0.05) is 34.7 Å². The van der Waals surface area contributed by atoms with E-state index in [1.54, 1.807) is 48.5 Å². The molecule has 7 rings (SSSR count). The van der Waals surface area contributed by atoms with Crippen LogP contribution in [0.1, 0.15) is 66.1 Å². The second-order valence-electron chi connectivity index (χ2n) is 12.1. The molecule has 3 aliphatic rings. The molecule has 2 saturated heterocycles. The molecule has 3 heterocycles. The van der Waals surface area contributed by atoms with E-state index in [4.69, 9.17) is 37.2 Å². The lowest BCUT2D eigenvalue weighted by Crippen LogP contribution is -2.50. The van der Waals surface area contributed by atoms with E-state index in [1.165, 1.54) is 19.2 Å². The maximum Gasteiger partial charge on any atom is 0.338 e. The van der Waals surface area contributed by atoms with Gasteiger partial charge < -0.3 is 24.2 Å². The number of carbonyl (C=O) groups excluding carboxylic acids is 2. The SMILES string of the molecule is COC(=O)c1ccc(NC(=O)N2C3CCC2CC(OCc2c(-c4c(Cl)cccc4Cl)noc2C2CC2)C3)c(F)c1-c1ccccc1. The maximum absolute atomic E-state index is 16.0. The molecule has 0 radical (unpaired) electrons. The first kappa shape index (κ1) is 30.7. The molecule has 3 fully saturated rings. The molecule has 0 spiro atoms. The number of methoxy groups -OCH3 is 1.